The average Bonchev–Trinajstić information content (AvgIpc) is 3.12. The second-order valence-corrected chi connectivity index (χ2v) is 7.94. The largest absolute Gasteiger partial charge is 0.349 e. The third kappa shape index (κ3) is 4.70. The summed E-state index contributed by atoms with van der Waals surface area (Å²) in [5.41, 5.74) is 3.34. The number of nitrogens with zero attached hydrogens (tertiary/aromatic N) is 1. The molecule has 0 unspecified atom stereocenters. The lowest BCUT2D eigenvalue weighted by atomic mass is 10.0. The monoisotopic (exact) mass is 442 g/mol. The fraction of sp³-hybridized carbons (Fsp3) is 0.318. The Morgan fingerprint density at radius 3 is 2.79 bits per heavy atom. The van der Waals surface area contributed by atoms with E-state index in [0.29, 0.717) is 19.8 Å². The summed E-state index contributed by atoms with van der Waals surface area (Å²) in [5.74, 6) is -0.0121. The second kappa shape index (κ2) is 9.01. The molecule has 0 spiro atoms. The van der Waals surface area contributed by atoms with Crippen LogP contribution in [0.3, 0.4) is 0 Å². The molecule has 0 saturated carbocycles. The lowest BCUT2D eigenvalue weighted by Crippen LogP contribution is -2.47. The van der Waals surface area contributed by atoms with Gasteiger partial charge in [-0.05, 0) is 28.8 Å². The molecular formula is C22H23BrN2O3. The van der Waals surface area contributed by atoms with Gasteiger partial charge in [0.1, 0.15) is 0 Å². The molecule has 146 valence electrons. The number of morpholine rings is 1. The first-order valence-corrected chi connectivity index (χ1v) is 10.2. The molecule has 2 aliphatic rings. The maximum absolute atomic E-state index is 11.5. The Labute approximate surface area is 173 Å². The zero-order valence-electron chi connectivity index (χ0n) is 15.5. The standard InChI is InChI=1S/C22H23BrN2O3/c23-19-8-4-5-16(11-19)15-28-22-21(18-6-2-1-3-7-18)25(9-10-27-22)14-17-12-20(26)24-13-17/h1-8,11-12,21-22H,9-10,13-15H2,(H,24,26)/t21-,22+/m0/s1. The van der Waals surface area contributed by atoms with Gasteiger partial charge in [0.05, 0.1) is 19.3 Å². The van der Waals surface area contributed by atoms with Crippen LogP contribution in [0.5, 0.6) is 0 Å². The topological polar surface area (TPSA) is 50.8 Å². The van der Waals surface area contributed by atoms with Crippen molar-refractivity contribution < 1.29 is 14.3 Å². The van der Waals surface area contributed by atoms with Crippen LogP contribution in [-0.2, 0) is 20.9 Å². The number of carbonyl (C=O) groups is 1. The third-order valence-electron chi connectivity index (χ3n) is 4.99. The van der Waals surface area contributed by atoms with E-state index < -0.39 is 0 Å². The Morgan fingerprint density at radius 1 is 1.18 bits per heavy atom. The number of nitrogens with one attached hydrogen (secondary N) is 1. The van der Waals surface area contributed by atoms with Crippen molar-refractivity contribution in [2.24, 2.45) is 0 Å². The number of hydrogen-bond donors (Lipinski definition) is 1. The molecule has 1 amide bonds. The van der Waals surface area contributed by atoms with Crippen molar-refractivity contribution in [1.82, 2.24) is 10.2 Å². The summed E-state index contributed by atoms with van der Waals surface area (Å²) in [4.78, 5) is 13.9. The number of amides is 1. The summed E-state index contributed by atoms with van der Waals surface area (Å²) in [6, 6.07) is 18.4. The fourth-order valence-corrected chi connectivity index (χ4v) is 4.13. The van der Waals surface area contributed by atoms with Crippen molar-refractivity contribution in [3.8, 4) is 0 Å². The lowest BCUT2D eigenvalue weighted by molar-refractivity contribution is -0.215. The van der Waals surface area contributed by atoms with E-state index in [9.17, 15) is 4.79 Å². The number of hydrogen-bond acceptors (Lipinski definition) is 4. The number of halogens is 1. The maximum atomic E-state index is 11.5. The number of rotatable bonds is 6. The first-order chi connectivity index (χ1) is 13.7. The molecule has 2 atom stereocenters. The second-order valence-electron chi connectivity index (χ2n) is 7.03. The molecule has 2 aromatic rings. The molecular weight excluding hydrogens is 420 g/mol. The Balaban J connectivity index is 1.53. The van der Waals surface area contributed by atoms with Gasteiger partial charge in [0.15, 0.2) is 6.29 Å². The van der Waals surface area contributed by atoms with Gasteiger partial charge in [0.2, 0.25) is 5.91 Å². The van der Waals surface area contributed by atoms with Crippen LogP contribution in [0.2, 0.25) is 0 Å². The van der Waals surface area contributed by atoms with Gasteiger partial charge in [0, 0.05) is 30.2 Å². The highest BCUT2D eigenvalue weighted by Gasteiger charge is 2.35. The van der Waals surface area contributed by atoms with Crippen molar-refractivity contribution in [2.75, 3.05) is 26.2 Å². The van der Waals surface area contributed by atoms with Crippen molar-refractivity contribution in [3.63, 3.8) is 0 Å². The first kappa shape index (κ1) is 19.3. The van der Waals surface area contributed by atoms with Gasteiger partial charge in [-0.1, -0.05) is 58.4 Å². The highest BCUT2D eigenvalue weighted by atomic mass is 79.9. The maximum Gasteiger partial charge on any atom is 0.244 e. The van der Waals surface area contributed by atoms with Crippen LogP contribution in [0.15, 0.2) is 70.7 Å². The molecule has 2 heterocycles. The van der Waals surface area contributed by atoms with Gasteiger partial charge in [0.25, 0.3) is 0 Å². The summed E-state index contributed by atoms with van der Waals surface area (Å²) in [6.07, 6.45) is 1.33. The van der Waals surface area contributed by atoms with Crippen LogP contribution in [0, 0.1) is 0 Å². The normalized spacial score (nSPS) is 22.8. The summed E-state index contributed by atoms with van der Waals surface area (Å²) in [7, 11) is 0. The van der Waals surface area contributed by atoms with Crippen molar-refractivity contribution in [3.05, 3.63) is 81.8 Å². The Hall–Kier alpha value is -1.99. The van der Waals surface area contributed by atoms with Crippen molar-refractivity contribution in [1.29, 1.82) is 0 Å². The van der Waals surface area contributed by atoms with Gasteiger partial charge >= 0.3 is 0 Å². The molecule has 1 N–H and O–H groups in total. The summed E-state index contributed by atoms with van der Waals surface area (Å²) < 4.78 is 13.3. The third-order valence-corrected chi connectivity index (χ3v) is 5.48. The molecule has 2 aliphatic heterocycles. The zero-order valence-corrected chi connectivity index (χ0v) is 17.1. The molecule has 1 fully saturated rings. The van der Waals surface area contributed by atoms with E-state index in [0.717, 1.165) is 34.3 Å². The van der Waals surface area contributed by atoms with Crippen LogP contribution in [0.25, 0.3) is 0 Å². The average molecular weight is 443 g/mol. The van der Waals surface area contributed by atoms with Crippen molar-refractivity contribution >= 4 is 21.8 Å². The smallest absolute Gasteiger partial charge is 0.244 e. The molecule has 0 bridgehead atoms. The lowest BCUT2D eigenvalue weighted by Gasteiger charge is -2.41. The van der Waals surface area contributed by atoms with E-state index in [1.165, 1.54) is 0 Å². The van der Waals surface area contributed by atoms with Gasteiger partial charge in [-0.25, -0.2) is 0 Å². The van der Waals surface area contributed by atoms with E-state index in [2.05, 4.69) is 44.3 Å². The van der Waals surface area contributed by atoms with Gasteiger partial charge in [-0.15, -0.1) is 0 Å². The number of ether oxygens (including phenoxy) is 2. The van der Waals surface area contributed by atoms with E-state index >= 15 is 0 Å². The zero-order chi connectivity index (χ0) is 19.3. The van der Waals surface area contributed by atoms with Crippen LogP contribution in [0.4, 0.5) is 0 Å². The van der Waals surface area contributed by atoms with Gasteiger partial charge in [-0.2, -0.15) is 0 Å². The predicted octanol–water partition coefficient (Wildman–Crippen LogP) is 3.42. The minimum Gasteiger partial charge on any atom is -0.349 e. The molecule has 0 aromatic heterocycles. The highest BCUT2D eigenvalue weighted by molar-refractivity contribution is 9.10. The number of carbonyl (C=O) groups excluding carboxylic acids is 1. The Morgan fingerprint density at radius 2 is 2.04 bits per heavy atom. The fourth-order valence-electron chi connectivity index (χ4n) is 3.68. The van der Waals surface area contributed by atoms with Gasteiger partial charge in [-0.3, -0.25) is 9.69 Å². The summed E-state index contributed by atoms with van der Waals surface area (Å²) in [6.45, 7) is 3.20. The Bertz CT molecular complexity index is 856. The summed E-state index contributed by atoms with van der Waals surface area (Å²) in [5, 5.41) is 2.85. The van der Waals surface area contributed by atoms with Crippen LogP contribution < -0.4 is 5.32 Å². The first-order valence-electron chi connectivity index (χ1n) is 9.43. The van der Waals surface area contributed by atoms with E-state index in [1.807, 2.05) is 36.4 Å². The van der Waals surface area contributed by atoms with Crippen LogP contribution in [0.1, 0.15) is 17.2 Å². The van der Waals surface area contributed by atoms with E-state index in [-0.39, 0.29) is 18.2 Å². The Kier molecular flexibility index (Phi) is 6.22. The SMILES string of the molecule is O=C1C=C(CN2CCO[C@H](OCc3cccc(Br)c3)[C@@H]2c2ccccc2)CN1. The molecule has 0 aliphatic carbocycles. The highest BCUT2D eigenvalue weighted by Crippen LogP contribution is 2.31. The number of benzene rings is 2. The molecule has 6 heteroatoms. The van der Waals surface area contributed by atoms with Crippen LogP contribution in [-0.4, -0.2) is 43.3 Å². The van der Waals surface area contributed by atoms with Crippen molar-refractivity contribution in [2.45, 2.75) is 18.9 Å². The molecule has 4 rings (SSSR count). The molecule has 1 saturated heterocycles. The minimum atomic E-state index is -0.374. The molecule has 2 aromatic carbocycles. The quantitative estimate of drug-likeness (QED) is 0.744. The van der Waals surface area contributed by atoms with Crippen LogP contribution >= 0.6 is 15.9 Å². The predicted molar refractivity (Wildman–Crippen MR) is 111 cm³/mol. The van der Waals surface area contributed by atoms with E-state index in [1.54, 1.807) is 6.08 Å². The van der Waals surface area contributed by atoms with E-state index in [4.69, 9.17) is 9.47 Å². The molecule has 28 heavy (non-hydrogen) atoms. The molecule has 0 radical (unpaired) electrons. The summed E-state index contributed by atoms with van der Waals surface area (Å²) >= 11 is 3.51. The minimum absolute atomic E-state index is 0.0121. The molecule has 5 nitrogen and oxygen atoms in total. The van der Waals surface area contributed by atoms with Gasteiger partial charge < -0.3 is 14.8 Å².